The number of nitrogens with two attached hydrogens (primary N) is 1. The molecule has 6 heteroatoms. The van der Waals surface area contributed by atoms with Crippen molar-refractivity contribution in [2.75, 3.05) is 18.5 Å². The van der Waals surface area contributed by atoms with E-state index in [0.717, 1.165) is 18.5 Å². The van der Waals surface area contributed by atoms with Crippen LogP contribution in [0.15, 0.2) is 53.5 Å². The molecular weight excluding hydrogens is 420 g/mol. The molecule has 3 N–H and O–H groups in total. The molecule has 0 aliphatic rings. The number of nitrogens with zero attached hydrogens (tertiary/aromatic N) is 1. The van der Waals surface area contributed by atoms with Crippen LogP contribution in [0.5, 0.6) is 5.75 Å². The molecule has 0 aliphatic heterocycles. The number of unbranched alkanes of at least 4 members (excludes halogenated alkanes) is 1. The highest BCUT2D eigenvalue weighted by atomic mass is 127. The summed E-state index contributed by atoms with van der Waals surface area (Å²) in [7, 11) is 0. The van der Waals surface area contributed by atoms with Crippen LogP contribution in [0.2, 0.25) is 0 Å². The average Bonchev–Trinajstić information content (AvgIpc) is 2.54. The van der Waals surface area contributed by atoms with Crippen molar-refractivity contribution < 1.29 is 9.13 Å². The molecule has 0 fully saturated rings. The van der Waals surface area contributed by atoms with Crippen LogP contribution in [0.3, 0.4) is 0 Å². The number of guanidine groups is 1. The zero-order chi connectivity index (χ0) is 16.5. The molecular formula is C18H23FIN3O. The fourth-order valence-corrected chi connectivity index (χ4v) is 1.96. The maximum absolute atomic E-state index is 12.7. The predicted octanol–water partition coefficient (Wildman–Crippen LogP) is 4.34. The molecule has 0 aliphatic carbocycles. The first-order valence-electron chi connectivity index (χ1n) is 7.65. The minimum absolute atomic E-state index is 0. The van der Waals surface area contributed by atoms with Gasteiger partial charge in [0.25, 0.3) is 0 Å². The highest BCUT2D eigenvalue weighted by Gasteiger charge is 1.96. The molecule has 0 aromatic heterocycles. The van der Waals surface area contributed by atoms with Gasteiger partial charge in [-0.25, -0.2) is 4.39 Å². The van der Waals surface area contributed by atoms with Crippen LogP contribution in [-0.4, -0.2) is 19.1 Å². The topological polar surface area (TPSA) is 59.6 Å². The second-order valence-corrected chi connectivity index (χ2v) is 5.27. The molecule has 24 heavy (non-hydrogen) atoms. The van der Waals surface area contributed by atoms with Crippen LogP contribution >= 0.6 is 24.0 Å². The molecule has 0 saturated carbocycles. The number of aryl methyl sites for hydroxylation is 1. The van der Waals surface area contributed by atoms with E-state index in [4.69, 9.17) is 10.5 Å². The molecule has 0 spiro atoms. The highest BCUT2D eigenvalue weighted by molar-refractivity contribution is 14.0. The normalized spacial score (nSPS) is 10.8. The standard InChI is InChI=1S/C18H22FN3O.HI/c1-14-4-8-16(9-5-14)22-18(20)21-12-2-3-13-23-17-10-6-15(19)7-11-17;/h4-11H,2-3,12-13H2,1H3,(H3,20,21,22);1H. The predicted molar refractivity (Wildman–Crippen MR) is 108 cm³/mol. The van der Waals surface area contributed by atoms with Gasteiger partial charge in [-0.05, 0) is 56.2 Å². The van der Waals surface area contributed by atoms with Crippen molar-refractivity contribution in [2.24, 2.45) is 10.7 Å². The summed E-state index contributed by atoms with van der Waals surface area (Å²) in [5.74, 6) is 0.826. The van der Waals surface area contributed by atoms with Crippen LogP contribution in [0.1, 0.15) is 18.4 Å². The largest absolute Gasteiger partial charge is 0.494 e. The summed E-state index contributed by atoms with van der Waals surface area (Å²) >= 11 is 0. The summed E-state index contributed by atoms with van der Waals surface area (Å²) < 4.78 is 18.3. The van der Waals surface area contributed by atoms with E-state index in [9.17, 15) is 4.39 Å². The Morgan fingerprint density at radius 1 is 1.08 bits per heavy atom. The summed E-state index contributed by atoms with van der Waals surface area (Å²) in [5.41, 5.74) is 7.96. The Hall–Kier alpha value is -1.83. The Kier molecular flexibility index (Phi) is 9.14. The third kappa shape index (κ3) is 7.63. The quantitative estimate of drug-likeness (QED) is 0.290. The summed E-state index contributed by atoms with van der Waals surface area (Å²) in [5, 5.41) is 3.05. The first-order valence-corrected chi connectivity index (χ1v) is 7.65. The van der Waals surface area contributed by atoms with Gasteiger partial charge in [0.1, 0.15) is 11.6 Å². The van der Waals surface area contributed by atoms with Gasteiger partial charge < -0.3 is 15.8 Å². The Morgan fingerprint density at radius 2 is 1.75 bits per heavy atom. The molecule has 130 valence electrons. The molecule has 0 radical (unpaired) electrons. The van der Waals surface area contributed by atoms with Crippen molar-refractivity contribution in [3.8, 4) is 5.75 Å². The summed E-state index contributed by atoms with van der Waals surface area (Å²) in [4.78, 5) is 4.28. The van der Waals surface area contributed by atoms with Crippen LogP contribution < -0.4 is 15.8 Å². The van der Waals surface area contributed by atoms with E-state index in [-0.39, 0.29) is 29.8 Å². The van der Waals surface area contributed by atoms with Crippen molar-refractivity contribution in [1.29, 1.82) is 0 Å². The fourth-order valence-electron chi connectivity index (χ4n) is 1.96. The van der Waals surface area contributed by atoms with Crippen LogP contribution in [0, 0.1) is 12.7 Å². The Morgan fingerprint density at radius 3 is 2.42 bits per heavy atom. The van der Waals surface area contributed by atoms with Gasteiger partial charge in [-0.2, -0.15) is 0 Å². The second-order valence-electron chi connectivity index (χ2n) is 5.27. The zero-order valence-electron chi connectivity index (χ0n) is 13.7. The van der Waals surface area contributed by atoms with Gasteiger partial charge in [0, 0.05) is 12.2 Å². The van der Waals surface area contributed by atoms with Gasteiger partial charge in [-0.3, -0.25) is 4.99 Å². The Labute approximate surface area is 159 Å². The number of anilines is 1. The van der Waals surface area contributed by atoms with Crippen molar-refractivity contribution in [2.45, 2.75) is 19.8 Å². The van der Waals surface area contributed by atoms with Crippen molar-refractivity contribution in [3.05, 3.63) is 59.9 Å². The molecule has 0 saturated heterocycles. The van der Waals surface area contributed by atoms with Crippen LogP contribution in [-0.2, 0) is 0 Å². The first-order chi connectivity index (χ1) is 11.1. The zero-order valence-corrected chi connectivity index (χ0v) is 16.0. The van der Waals surface area contributed by atoms with Gasteiger partial charge in [0.15, 0.2) is 5.96 Å². The number of rotatable bonds is 7. The molecule has 2 aromatic rings. The van der Waals surface area contributed by atoms with Gasteiger partial charge in [-0.1, -0.05) is 17.7 Å². The SMILES string of the molecule is Cc1ccc(NC(N)=NCCCCOc2ccc(F)cc2)cc1.I. The molecule has 0 bridgehead atoms. The molecule has 4 nitrogen and oxygen atoms in total. The Balaban J connectivity index is 0.00000288. The average molecular weight is 443 g/mol. The van der Waals surface area contributed by atoms with Crippen LogP contribution in [0.25, 0.3) is 0 Å². The lowest BCUT2D eigenvalue weighted by molar-refractivity contribution is 0.307. The van der Waals surface area contributed by atoms with Crippen molar-refractivity contribution in [1.82, 2.24) is 0 Å². The van der Waals surface area contributed by atoms with Gasteiger partial charge in [0.05, 0.1) is 6.61 Å². The van der Waals surface area contributed by atoms with E-state index in [1.54, 1.807) is 12.1 Å². The molecule has 2 rings (SSSR count). The molecule has 2 aromatic carbocycles. The van der Waals surface area contributed by atoms with Crippen LogP contribution in [0.4, 0.5) is 10.1 Å². The second kappa shape index (κ2) is 10.9. The van der Waals surface area contributed by atoms with E-state index in [1.165, 1.54) is 17.7 Å². The number of nitrogens with one attached hydrogen (secondary N) is 1. The number of ether oxygens (including phenoxy) is 1. The van der Waals surface area contributed by atoms with E-state index >= 15 is 0 Å². The van der Waals surface area contributed by atoms with E-state index in [1.807, 2.05) is 31.2 Å². The Bertz CT molecular complexity index is 630. The van der Waals surface area contributed by atoms with Gasteiger partial charge >= 0.3 is 0 Å². The highest BCUT2D eigenvalue weighted by Crippen LogP contribution is 2.11. The van der Waals surface area contributed by atoms with Gasteiger partial charge in [0.2, 0.25) is 0 Å². The number of hydrogen-bond donors (Lipinski definition) is 2. The van der Waals surface area contributed by atoms with E-state index in [2.05, 4.69) is 10.3 Å². The molecule has 0 amide bonds. The molecule has 0 heterocycles. The van der Waals surface area contributed by atoms with Gasteiger partial charge in [-0.15, -0.1) is 24.0 Å². The summed E-state index contributed by atoms with van der Waals surface area (Å²) in [6, 6.07) is 14.0. The maximum Gasteiger partial charge on any atom is 0.193 e. The maximum atomic E-state index is 12.7. The van der Waals surface area contributed by atoms with Crippen molar-refractivity contribution >= 4 is 35.6 Å². The summed E-state index contributed by atoms with van der Waals surface area (Å²) in [6.45, 7) is 3.25. The smallest absolute Gasteiger partial charge is 0.193 e. The monoisotopic (exact) mass is 443 g/mol. The lowest BCUT2D eigenvalue weighted by Crippen LogP contribution is -2.22. The number of benzene rings is 2. The minimum Gasteiger partial charge on any atom is -0.494 e. The summed E-state index contributed by atoms with van der Waals surface area (Å²) in [6.07, 6.45) is 1.73. The van der Waals surface area contributed by atoms with E-state index < -0.39 is 0 Å². The first kappa shape index (κ1) is 20.2. The third-order valence-electron chi connectivity index (χ3n) is 3.24. The molecule has 0 atom stereocenters. The number of halogens is 2. The number of aliphatic imine (C=N–C) groups is 1. The lowest BCUT2D eigenvalue weighted by Gasteiger charge is -2.07. The van der Waals surface area contributed by atoms with Crippen molar-refractivity contribution in [3.63, 3.8) is 0 Å². The van der Waals surface area contributed by atoms with E-state index in [0.29, 0.717) is 24.9 Å². The minimum atomic E-state index is -0.261. The lowest BCUT2D eigenvalue weighted by atomic mass is 10.2. The fraction of sp³-hybridized carbons (Fsp3) is 0.278. The molecule has 0 unspecified atom stereocenters. The number of hydrogen-bond acceptors (Lipinski definition) is 2. The third-order valence-corrected chi connectivity index (χ3v) is 3.24.